The Bertz CT molecular complexity index is 173. The summed E-state index contributed by atoms with van der Waals surface area (Å²) in [6.07, 6.45) is 3.47. The van der Waals surface area contributed by atoms with Gasteiger partial charge in [0, 0.05) is 13.1 Å². The molecular formula is C13H27NO. The summed E-state index contributed by atoms with van der Waals surface area (Å²) in [7, 11) is 2.23. The van der Waals surface area contributed by atoms with E-state index in [1.165, 1.54) is 25.9 Å². The van der Waals surface area contributed by atoms with Gasteiger partial charge in [-0.2, -0.15) is 0 Å². The van der Waals surface area contributed by atoms with Crippen molar-refractivity contribution >= 4 is 0 Å². The highest BCUT2D eigenvalue weighted by Crippen LogP contribution is 2.31. The first kappa shape index (κ1) is 13.0. The SMILES string of the molecule is CC(C)CN(C)CC1CC(OC(C)C)C1. The van der Waals surface area contributed by atoms with E-state index < -0.39 is 0 Å². The topological polar surface area (TPSA) is 12.5 Å². The van der Waals surface area contributed by atoms with Gasteiger partial charge in [0.15, 0.2) is 0 Å². The van der Waals surface area contributed by atoms with Crippen LogP contribution in [0.3, 0.4) is 0 Å². The standard InChI is InChI=1S/C13H27NO/c1-10(2)8-14(5)9-12-6-13(7-12)15-11(3)4/h10-13H,6-9H2,1-5H3. The van der Waals surface area contributed by atoms with E-state index in [4.69, 9.17) is 4.74 Å². The van der Waals surface area contributed by atoms with E-state index in [-0.39, 0.29) is 0 Å². The van der Waals surface area contributed by atoms with E-state index in [1.54, 1.807) is 0 Å². The molecular weight excluding hydrogens is 186 g/mol. The first-order valence-corrected chi connectivity index (χ1v) is 6.31. The maximum atomic E-state index is 5.76. The van der Waals surface area contributed by atoms with Gasteiger partial charge in [-0.1, -0.05) is 13.8 Å². The molecule has 0 radical (unpaired) electrons. The number of hydrogen-bond acceptors (Lipinski definition) is 2. The molecule has 0 aromatic heterocycles. The van der Waals surface area contributed by atoms with Crippen molar-refractivity contribution in [1.29, 1.82) is 0 Å². The second-order valence-electron chi connectivity index (χ2n) is 5.76. The van der Waals surface area contributed by atoms with E-state index in [0.717, 1.165) is 11.8 Å². The summed E-state index contributed by atoms with van der Waals surface area (Å²) in [5, 5.41) is 0. The molecule has 0 N–H and O–H groups in total. The van der Waals surface area contributed by atoms with Crippen molar-refractivity contribution in [3.63, 3.8) is 0 Å². The molecule has 2 heteroatoms. The lowest BCUT2D eigenvalue weighted by Crippen LogP contribution is -2.40. The van der Waals surface area contributed by atoms with Crippen molar-refractivity contribution in [3.8, 4) is 0 Å². The minimum atomic E-state index is 0.393. The van der Waals surface area contributed by atoms with Gasteiger partial charge >= 0.3 is 0 Å². The summed E-state index contributed by atoms with van der Waals surface area (Å²) in [5.74, 6) is 1.65. The van der Waals surface area contributed by atoms with Crippen LogP contribution >= 0.6 is 0 Å². The van der Waals surface area contributed by atoms with Gasteiger partial charge in [-0.3, -0.25) is 0 Å². The number of ether oxygens (including phenoxy) is 1. The average molecular weight is 213 g/mol. The smallest absolute Gasteiger partial charge is 0.0584 e. The Morgan fingerprint density at radius 3 is 2.27 bits per heavy atom. The molecule has 0 bridgehead atoms. The van der Waals surface area contributed by atoms with Crippen LogP contribution in [0.5, 0.6) is 0 Å². The maximum absolute atomic E-state index is 5.76. The fourth-order valence-corrected chi connectivity index (χ4v) is 2.46. The molecule has 0 unspecified atom stereocenters. The largest absolute Gasteiger partial charge is 0.376 e. The van der Waals surface area contributed by atoms with Gasteiger partial charge in [-0.15, -0.1) is 0 Å². The molecule has 0 aromatic carbocycles. The first-order chi connectivity index (χ1) is 6.97. The van der Waals surface area contributed by atoms with Gasteiger partial charge in [0.05, 0.1) is 12.2 Å². The lowest BCUT2D eigenvalue weighted by atomic mass is 9.82. The van der Waals surface area contributed by atoms with Crippen LogP contribution in [0.1, 0.15) is 40.5 Å². The van der Waals surface area contributed by atoms with Crippen LogP contribution in [0.15, 0.2) is 0 Å². The van der Waals surface area contributed by atoms with Gasteiger partial charge in [-0.25, -0.2) is 0 Å². The monoisotopic (exact) mass is 213 g/mol. The molecule has 0 amide bonds. The van der Waals surface area contributed by atoms with Crippen LogP contribution < -0.4 is 0 Å². The van der Waals surface area contributed by atoms with Gasteiger partial charge in [0.25, 0.3) is 0 Å². The third-order valence-electron chi connectivity index (χ3n) is 2.90. The molecule has 1 fully saturated rings. The molecule has 1 rings (SSSR count). The molecule has 1 aliphatic carbocycles. The van der Waals surface area contributed by atoms with Crippen LogP contribution in [0.25, 0.3) is 0 Å². The van der Waals surface area contributed by atoms with Gasteiger partial charge in [-0.05, 0) is 45.6 Å². The Morgan fingerprint density at radius 1 is 1.20 bits per heavy atom. The summed E-state index contributed by atoms with van der Waals surface area (Å²) in [5.41, 5.74) is 0. The fraction of sp³-hybridized carbons (Fsp3) is 1.00. The summed E-state index contributed by atoms with van der Waals surface area (Å²) in [6.45, 7) is 11.3. The average Bonchev–Trinajstić information content (AvgIpc) is 1.97. The maximum Gasteiger partial charge on any atom is 0.0584 e. The quantitative estimate of drug-likeness (QED) is 0.672. The second kappa shape index (κ2) is 5.86. The van der Waals surface area contributed by atoms with Crippen LogP contribution in [-0.2, 0) is 4.74 Å². The van der Waals surface area contributed by atoms with Crippen LogP contribution in [-0.4, -0.2) is 37.2 Å². The first-order valence-electron chi connectivity index (χ1n) is 6.31. The van der Waals surface area contributed by atoms with Gasteiger partial charge in [0.1, 0.15) is 0 Å². The van der Waals surface area contributed by atoms with Crippen LogP contribution in [0.4, 0.5) is 0 Å². The predicted octanol–water partition coefficient (Wildman–Crippen LogP) is 2.78. The van der Waals surface area contributed by atoms with E-state index in [1.807, 2.05) is 0 Å². The molecule has 0 aliphatic heterocycles. The zero-order valence-electron chi connectivity index (χ0n) is 11.0. The Labute approximate surface area is 95.0 Å². The molecule has 0 heterocycles. The predicted molar refractivity (Wildman–Crippen MR) is 65.1 cm³/mol. The number of hydrogen-bond donors (Lipinski definition) is 0. The normalized spacial score (nSPS) is 26.4. The summed E-state index contributed by atoms with van der Waals surface area (Å²) in [6, 6.07) is 0. The van der Waals surface area contributed by atoms with Gasteiger partial charge in [0.2, 0.25) is 0 Å². The molecule has 15 heavy (non-hydrogen) atoms. The van der Waals surface area contributed by atoms with Crippen molar-refractivity contribution in [1.82, 2.24) is 4.90 Å². The second-order valence-corrected chi connectivity index (χ2v) is 5.76. The van der Waals surface area contributed by atoms with E-state index >= 15 is 0 Å². The molecule has 1 saturated carbocycles. The molecule has 0 spiro atoms. The minimum absolute atomic E-state index is 0.393. The van der Waals surface area contributed by atoms with Crippen molar-refractivity contribution in [2.75, 3.05) is 20.1 Å². The molecule has 0 saturated heterocycles. The van der Waals surface area contributed by atoms with E-state index in [2.05, 4.69) is 39.6 Å². The van der Waals surface area contributed by atoms with Crippen LogP contribution in [0.2, 0.25) is 0 Å². The van der Waals surface area contributed by atoms with Crippen molar-refractivity contribution in [2.45, 2.75) is 52.7 Å². The lowest BCUT2D eigenvalue weighted by molar-refractivity contribution is -0.0670. The third-order valence-corrected chi connectivity index (χ3v) is 2.90. The fourth-order valence-electron chi connectivity index (χ4n) is 2.46. The third kappa shape index (κ3) is 4.98. The number of nitrogens with zero attached hydrogens (tertiary/aromatic N) is 1. The lowest BCUT2D eigenvalue weighted by Gasteiger charge is -2.38. The van der Waals surface area contributed by atoms with Gasteiger partial charge < -0.3 is 9.64 Å². The molecule has 90 valence electrons. The summed E-state index contributed by atoms with van der Waals surface area (Å²) < 4.78 is 5.76. The molecule has 1 aliphatic rings. The Kier molecular flexibility index (Phi) is 5.07. The zero-order chi connectivity index (χ0) is 11.4. The Hall–Kier alpha value is -0.0800. The van der Waals surface area contributed by atoms with Crippen molar-refractivity contribution in [2.24, 2.45) is 11.8 Å². The Morgan fingerprint density at radius 2 is 1.80 bits per heavy atom. The highest BCUT2D eigenvalue weighted by Gasteiger charge is 2.30. The minimum Gasteiger partial charge on any atom is -0.376 e. The van der Waals surface area contributed by atoms with E-state index in [0.29, 0.717) is 12.2 Å². The van der Waals surface area contributed by atoms with Crippen molar-refractivity contribution in [3.05, 3.63) is 0 Å². The van der Waals surface area contributed by atoms with Crippen LogP contribution in [0, 0.1) is 11.8 Å². The van der Waals surface area contributed by atoms with E-state index in [9.17, 15) is 0 Å². The molecule has 0 aromatic rings. The Balaban J connectivity index is 2.06. The highest BCUT2D eigenvalue weighted by molar-refractivity contribution is 4.82. The zero-order valence-corrected chi connectivity index (χ0v) is 11.0. The number of rotatable bonds is 6. The summed E-state index contributed by atoms with van der Waals surface area (Å²) >= 11 is 0. The summed E-state index contributed by atoms with van der Waals surface area (Å²) in [4.78, 5) is 2.46. The highest BCUT2D eigenvalue weighted by atomic mass is 16.5. The van der Waals surface area contributed by atoms with Crippen molar-refractivity contribution < 1.29 is 4.74 Å². The molecule has 2 nitrogen and oxygen atoms in total. The molecule has 0 atom stereocenters.